The Bertz CT molecular complexity index is 759. The number of benzene rings is 2. The molecule has 0 aromatic heterocycles. The molecule has 26 heavy (non-hydrogen) atoms. The fourth-order valence-corrected chi connectivity index (χ4v) is 3.47. The number of nitrogens with one attached hydrogen (secondary N) is 1. The average molecular weight is 373 g/mol. The van der Waals surface area contributed by atoms with Crippen LogP contribution in [0.4, 0.5) is 5.69 Å². The second kappa shape index (κ2) is 8.92. The largest absolute Gasteiger partial charge is 0.497 e. The van der Waals surface area contributed by atoms with Crippen molar-refractivity contribution in [1.29, 1.82) is 0 Å². The molecule has 2 aromatic carbocycles. The van der Waals surface area contributed by atoms with Gasteiger partial charge in [0.2, 0.25) is 0 Å². The number of halogens is 1. The third-order valence-electron chi connectivity index (χ3n) is 4.59. The highest BCUT2D eigenvalue weighted by Crippen LogP contribution is 2.27. The van der Waals surface area contributed by atoms with Gasteiger partial charge in [-0.1, -0.05) is 29.8 Å². The number of hydrogen-bond donors (Lipinski definition) is 2. The van der Waals surface area contributed by atoms with Crippen LogP contribution in [0.3, 0.4) is 0 Å². The zero-order valence-electron chi connectivity index (χ0n) is 15.0. The van der Waals surface area contributed by atoms with Crippen LogP contribution in [0, 0.1) is 0 Å². The number of hydrogen-bond acceptors (Lipinski definition) is 3. The van der Waals surface area contributed by atoms with Gasteiger partial charge < -0.3 is 15.8 Å². The molecule has 3 rings (SSSR count). The lowest BCUT2D eigenvalue weighted by Crippen LogP contribution is -2.30. The van der Waals surface area contributed by atoms with Crippen LogP contribution in [-0.2, 0) is 0 Å². The Morgan fingerprint density at radius 1 is 1.23 bits per heavy atom. The van der Waals surface area contributed by atoms with E-state index >= 15 is 0 Å². The lowest BCUT2D eigenvalue weighted by Gasteiger charge is -2.27. The summed E-state index contributed by atoms with van der Waals surface area (Å²) in [6, 6.07) is 15.8. The van der Waals surface area contributed by atoms with Crippen LogP contribution in [0.2, 0.25) is 5.02 Å². The van der Waals surface area contributed by atoms with Gasteiger partial charge in [-0.2, -0.15) is 0 Å². The summed E-state index contributed by atoms with van der Waals surface area (Å²) in [6.07, 6.45) is 2.44. The van der Waals surface area contributed by atoms with Crippen molar-refractivity contribution in [2.24, 2.45) is 10.7 Å². The molecule has 0 radical (unpaired) electrons. The fourth-order valence-electron chi connectivity index (χ4n) is 3.27. The van der Waals surface area contributed by atoms with Crippen molar-refractivity contribution in [1.82, 2.24) is 4.90 Å². The molecule has 0 aliphatic carbocycles. The summed E-state index contributed by atoms with van der Waals surface area (Å²) in [6.45, 7) is 2.75. The minimum Gasteiger partial charge on any atom is -0.497 e. The third kappa shape index (κ3) is 4.90. The first-order valence-corrected chi connectivity index (χ1v) is 9.24. The van der Waals surface area contributed by atoms with Crippen LogP contribution >= 0.6 is 11.6 Å². The van der Waals surface area contributed by atoms with Gasteiger partial charge in [0.15, 0.2) is 5.96 Å². The number of rotatable bonds is 6. The molecule has 1 atom stereocenters. The molecule has 6 heteroatoms. The zero-order valence-corrected chi connectivity index (χ0v) is 15.7. The minimum absolute atomic E-state index is 0.182. The van der Waals surface area contributed by atoms with Crippen LogP contribution in [-0.4, -0.2) is 37.6 Å². The smallest absolute Gasteiger partial charge is 0.193 e. The van der Waals surface area contributed by atoms with E-state index < -0.39 is 0 Å². The summed E-state index contributed by atoms with van der Waals surface area (Å²) in [5.74, 6) is 1.17. The standard InChI is InChI=1S/C20H25ClN4O/c1-26-18-9-5-8-17(13-18)24-20(22)23-14-19(25-10-2-3-11-25)15-6-4-7-16(21)12-15/h4-9,12-13,19H,2-3,10-11,14H2,1H3,(H3,22,23,24). The molecule has 1 aliphatic rings. The molecular formula is C20H25ClN4O. The Balaban J connectivity index is 1.72. The monoisotopic (exact) mass is 372 g/mol. The molecule has 0 amide bonds. The van der Waals surface area contributed by atoms with Crippen molar-refractivity contribution >= 4 is 23.2 Å². The van der Waals surface area contributed by atoms with E-state index in [1.54, 1.807) is 7.11 Å². The molecule has 1 heterocycles. The Morgan fingerprint density at radius 2 is 2.00 bits per heavy atom. The van der Waals surface area contributed by atoms with Gasteiger partial charge >= 0.3 is 0 Å². The van der Waals surface area contributed by atoms with E-state index in [0.717, 1.165) is 29.5 Å². The Labute approximate surface area is 159 Å². The van der Waals surface area contributed by atoms with E-state index in [9.17, 15) is 0 Å². The second-order valence-corrected chi connectivity index (χ2v) is 6.83. The number of nitrogens with zero attached hydrogens (tertiary/aromatic N) is 2. The SMILES string of the molecule is COc1cccc(NC(N)=NCC(c2cccc(Cl)c2)N2CCCC2)c1. The molecule has 3 N–H and O–H groups in total. The first kappa shape index (κ1) is 18.5. The van der Waals surface area contributed by atoms with Gasteiger partial charge in [-0.3, -0.25) is 9.89 Å². The lowest BCUT2D eigenvalue weighted by atomic mass is 10.1. The Morgan fingerprint density at radius 3 is 2.73 bits per heavy atom. The van der Waals surface area contributed by atoms with Crippen molar-refractivity contribution in [3.8, 4) is 5.75 Å². The van der Waals surface area contributed by atoms with E-state index in [-0.39, 0.29) is 6.04 Å². The maximum atomic E-state index is 6.19. The quantitative estimate of drug-likeness (QED) is 0.596. The lowest BCUT2D eigenvalue weighted by molar-refractivity contribution is 0.252. The molecule has 0 saturated carbocycles. The summed E-state index contributed by atoms with van der Waals surface area (Å²) in [5, 5.41) is 3.88. The normalized spacial score (nSPS) is 16.5. The maximum Gasteiger partial charge on any atom is 0.193 e. The van der Waals surface area contributed by atoms with Crippen LogP contribution in [0.1, 0.15) is 24.4 Å². The first-order chi connectivity index (χ1) is 12.7. The van der Waals surface area contributed by atoms with E-state index in [2.05, 4.69) is 21.3 Å². The maximum absolute atomic E-state index is 6.19. The first-order valence-electron chi connectivity index (χ1n) is 8.86. The van der Waals surface area contributed by atoms with Crippen molar-refractivity contribution < 1.29 is 4.74 Å². The molecule has 1 unspecified atom stereocenters. The summed E-state index contributed by atoms with van der Waals surface area (Å²) < 4.78 is 5.23. The van der Waals surface area contributed by atoms with Crippen LogP contribution < -0.4 is 15.8 Å². The van der Waals surface area contributed by atoms with Crippen LogP contribution in [0.5, 0.6) is 5.75 Å². The van der Waals surface area contributed by atoms with Crippen molar-refractivity contribution in [3.05, 3.63) is 59.1 Å². The number of likely N-dealkylation sites (tertiary alicyclic amines) is 1. The number of guanidine groups is 1. The highest BCUT2D eigenvalue weighted by Gasteiger charge is 2.23. The van der Waals surface area contributed by atoms with Crippen LogP contribution in [0.15, 0.2) is 53.5 Å². The molecule has 1 saturated heterocycles. The third-order valence-corrected chi connectivity index (χ3v) is 4.83. The second-order valence-electron chi connectivity index (χ2n) is 6.40. The minimum atomic E-state index is 0.182. The summed E-state index contributed by atoms with van der Waals surface area (Å²) >= 11 is 6.19. The van der Waals surface area contributed by atoms with Gasteiger partial charge in [0.1, 0.15) is 5.75 Å². The van der Waals surface area contributed by atoms with E-state index in [0.29, 0.717) is 12.5 Å². The number of aliphatic imine (C=N–C) groups is 1. The summed E-state index contributed by atoms with van der Waals surface area (Å²) in [5.41, 5.74) is 8.14. The van der Waals surface area contributed by atoms with E-state index in [1.165, 1.54) is 18.4 Å². The van der Waals surface area contributed by atoms with Crippen molar-refractivity contribution in [2.75, 3.05) is 32.1 Å². The van der Waals surface area contributed by atoms with Gasteiger partial charge in [-0.15, -0.1) is 0 Å². The van der Waals surface area contributed by atoms with Crippen molar-refractivity contribution in [3.63, 3.8) is 0 Å². The molecule has 2 aromatic rings. The zero-order chi connectivity index (χ0) is 18.4. The van der Waals surface area contributed by atoms with Crippen molar-refractivity contribution in [2.45, 2.75) is 18.9 Å². The predicted octanol–water partition coefficient (Wildman–Crippen LogP) is 3.91. The molecule has 1 aliphatic heterocycles. The predicted molar refractivity (Wildman–Crippen MR) is 108 cm³/mol. The molecule has 1 fully saturated rings. The fraction of sp³-hybridized carbons (Fsp3) is 0.350. The van der Waals surface area contributed by atoms with Gasteiger partial charge in [-0.05, 0) is 55.8 Å². The highest BCUT2D eigenvalue weighted by atomic mass is 35.5. The number of nitrogens with two attached hydrogens (primary N) is 1. The van der Waals surface area contributed by atoms with Gasteiger partial charge in [0, 0.05) is 16.8 Å². The Kier molecular flexibility index (Phi) is 6.36. The average Bonchev–Trinajstić information content (AvgIpc) is 3.16. The number of ether oxygens (including phenoxy) is 1. The molecule has 138 valence electrons. The van der Waals surface area contributed by atoms with Gasteiger partial charge in [0.05, 0.1) is 19.7 Å². The molecular weight excluding hydrogens is 348 g/mol. The Hall–Kier alpha value is -2.24. The number of methoxy groups -OCH3 is 1. The molecule has 0 spiro atoms. The van der Waals surface area contributed by atoms with Gasteiger partial charge in [-0.25, -0.2) is 0 Å². The highest BCUT2D eigenvalue weighted by molar-refractivity contribution is 6.30. The topological polar surface area (TPSA) is 62.9 Å². The summed E-state index contributed by atoms with van der Waals surface area (Å²) in [4.78, 5) is 7.04. The van der Waals surface area contributed by atoms with E-state index in [4.69, 9.17) is 22.1 Å². The van der Waals surface area contributed by atoms with Gasteiger partial charge in [0.25, 0.3) is 0 Å². The van der Waals surface area contributed by atoms with Crippen LogP contribution in [0.25, 0.3) is 0 Å². The molecule has 5 nitrogen and oxygen atoms in total. The number of anilines is 1. The summed E-state index contributed by atoms with van der Waals surface area (Å²) in [7, 11) is 1.64. The molecule has 0 bridgehead atoms. The van der Waals surface area contributed by atoms with E-state index in [1.807, 2.05) is 42.5 Å².